The fourth-order valence-corrected chi connectivity index (χ4v) is 2.91. The lowest BCUT2D eigenvalue weighted by molar-refractivity contribution is -0.124. The molecule has 1 aromatic carbocycles. The van der Waals surface area contributed by atoms with Crippen LogP contribution in [0.15, 0.2) is 24.3 Å². The van der Waals surface area contributed by atoms with Crippen molar-refractivity contribution in [3.05, 3.63) is 29.8 Å². The molecule has 2 rings (SSSR count). The van der Waals surface area contributed by atoms with E-state index in [0.717, 1.165) is 30.7 Å². The maximum absolute atomic E-state index is 12.0. The van der Waals surface area contributed by atoms with E-state index >= 15 is 0 Å². The molecule has 1 aromatic rings. The Labute approximate surface area is 149 Å². The van der Waals surface area contributed by atoms with Crippen LogP contribution >= 0.6 is 0 Å². The molecule has 3 N–H and O–H groups in total. The monoisotopic (exact) mass is 347 g/mol. The molecule has 0 bridgehead atoms. The molecule has 6 heteroatoms. The summed E-state index contributed by atoms with van der Waals surface area (Å²) in [6, 6.07) is 7.63. The molecule has 0 aromatic heterocycles. The molecule has 0 radical (unpaired) electrons. The predicted octanol–water partition coefficient (Wildman–Crippen LogP) is 1.91. The Bertz CT molecular complexity index is 554. The summed E-state index contributed by atoms with van der Waals surface area (Å²) >= 11 is 0. The predicted molar refractivity (Wildman–Crippen MR) is 97.4 cm³/mol. The molecule has 0 spiro atoms. The van der Waals surface area contributed by atoms with Crippen molar-refractivity contribution in [2.24, 2.45) is 0 Å². The Morgan fingerprint density at radius 3 is 2.72 bits per heavy atom. The highest BCUT2D eigenvalue weighted by Gasteiger charge is 2.21. The van der Waals surface area contributed by atoms with Gasteiger partial charge in [0.25, 0.3) is 0 Å². The maximum atomic E-state index is 12.0. The molecule has 0 saturated carbocycles. The third kappa shape index (κ3) is 6.38. The molecule has 1 aliphatic heterocycles. The number of carbonyl (C=O) groups excluding carboxylic acids is 2. The van der Waals surface area contributed by atoms with Gasteiger partial charge in [0.05, 0.1) is 18.7 Å². The van der Waals surface area contributed by atoms with Gasteiger partial charge in [0.2, 0.25) is 11.8 Å². The van der Waals surface area contributed by atoms with Crippen LogP contribution in [0, 0.1) is 0 Å². The summed E-state index contributed by atoms with van der Waals surface area (Å²) in [6.45, 7) is 5.98. The average Bonchev–Trinajstić information content (AvgIpc) is 3.14. The zero-order chi connectivity index (χ0) is 18.1. The third-order valence-electron chi connectivity index (χ3n) is 4.33. The number of amides is 2. The Morgan fingerprint density at radius 2 is 2.08 bits per heavy atom. The summed E-state index contributed by atoms with van der Waals surface area (Å²) in [5, 5.41) is 9.04. The van der Waals surface area contributed by atoms with Crippen LogP contribution in [0.3, 0.4) is 0 Å². The minimum absolute atomic E-state index is 0.00498. The maximum Gasteiger partial charge on any atom is 0.237 e. The molecule has 1 aliphatic rings. The van der Waals surface area contributed by atoms with Crippen LogP contribution in [0.5, 0.6) is 5.75 Å². The van der Waals surface area contributed by atoms with Crippen molar-refractivity contribution < 1.29 is 14.3 Å². The number of ether oxygens (including phenoxy) is 1. The van der Waals surface area contributed by atoms with Crippen molar-refractivity contribution in [1.82, 2.24) is 16.0 Å². The van der Waals surface area contributed by atoms with Gasteiger partial charge in [-0.3, -0.25) is 9.59 Å². The van der Waals surface area contributed by atoms with Crippen LogP contribution in [0.25, 0.3) is 0 Å². The van der Waals surface area contributed by atoms with E-state index in [4.69, 9.17) is 4.74 Å². The molecule has 2 atom stereocenters. The van der Waals surface area contributed by atoms with E-state index in [1.165, 1.54) is 0 Å². The lowest BCUT2D eigenvalue weighted by Gasteiger charge is -2.15. The summed E-state index contributed by atoms with van der Waals surface area (Å²) in [6.07, 6.45) is 2.98. The molecular formula is C19H29N3O3. The summed E-state index contributed by atoms with van der Waals surface area (Å²) in [7, 11) is 0. The van der Waals surface area contributed by atoms with Gasteiger partial charge in [0, 0.05) is 13.0 Å². The first-order chi connectivity index (χ1) is 12.1. The summed E-state index contributed by atoms with van der Waals surface area (Å²) in [5.74, 6) is 0.868. The second-order valence-electron chi connectivity index (χ2n) is 6.33. The second kappa shape index (κ2) is 10.0. The van der Waals surface area contributed by atoms with Gasteiger partial charge in [-0.15, -0.1) is 0 Å². The number of nitrogens with one attached hydrogen (secondary N) is 3. The zero-order valence-electron chi connectivity index (χ0n) is 15.1. The van der Waals surface area contributed by atoms with Crippen LogP contribution in [0.2, 0.25) is 0 Å². The number of carbonyl (C=O) groups is 2. The minimum Gasteiger partial charge on any atom is -0.494 e. The highest BCUT2D eigenvalue weighted by Crippen LogP contribution is 2.17. The number of benzene rings is 1. The lowest BCUT2D eigenvalue weighted by Crippen LogP contribution is -2.41. The van der Waals surface area contributed by atoms with Crippen molar-refractivity contribution in [1.29, 1.82) is 0 Å². The van der Waals surface area contributed by atoms with Gasteiger partial charge in [-0.2, -0.15) is 0 Å². The lowest BCUT2D eigenvalue weighted by atomic mass is 10.1. The van der Waals surface area contributed by atoms with E-state index in [1.54, 1.807) is 0 Å². The van der Waals surface area contributed by atoms with E-state index < -0.39 is 0 Å². The van der Waals surface area contributed by atoms with Crippen LogP contribution in [-0.4, -0.2) is 37.6 Å². The molecule has 2 amide bonds. The van der Waals surface area contributed by atoms with Crippen molar-refractivity contribution in [3.8, 4) is 5.75 Å². The van der Waals surface area contributed by atoms with Crippen LogP contribution in [0.4, 0.5) is 0 Å². The van der Waals surface area contributed by atoms with Gasteiger partial charge in [-0.1, -0.05) is 12.1 Å². The Balaban J connectivity index is 1.64. The number of hydrogen-bond acceptors (Lipinski definition) is 4. The minimum atomic E-state index is -0.0616. The summed E-state index contributed by atoms with van der Waals surface area (Å²) in [5.41, 5.74) is 1.04. The fourth-order valence-electron chi connectivity index (χ4n) is 2.91. The Hall–Kier alpha value is -2.08. The van der Waals surface area contributed by atoms with Crippen molar-refractivity contribution in [2.75, 3.05) is 19.7 Å². The van der Waals surface area contributed by atoms with Crippen molar-refractivity contribution in [3.63, 3.8) is 0 Å². The van der Waals surface area contributed by atoms with Crippen LogP contribution < -0.4 is 20.7 Å². The highest BCUT2D eigenvalue weighted by molar-refractivity contribution is 5.82. The Kier molecular flexibility index (Phi) is 7.73. The quantitative estimate of drug-likeness (QED) is 0.596. The standard InChI is InChI=1S/C19H29N3O3/c1-3-25-16-10-8-15(9-11-16)14(2)22-18(23)7-5-13-21-19(24)17-6-4-12-20-17/h8-11,14,17,20H,3-7,12-13H2,1-2H3,(H,21,24)(H,22,23). The molecular weight excluding hydrogens is 318 g/mol. The first kappa shape index (κ1) is 19.2. The molecule has 1 saturated heterocycles. The smallest absolute Gasteiger partial charge is 0.237 e. The summed E-state index contributed by atoms with van der Waals surface area (Å²) < 4.78 is 5.42. The summed E-state index contributed by atoms with van der Waals surface area (Å²) in [4.78, 5) is 23.9. The van der Waals surface area contributed by atoms with E-state index in [2.05, 4.69) is 16.0 Å². The van der Waals surface area contributed by atoms with E-state index in [1.807, 2.05) is 38.1 Å². The Morgan fingerprint density at radius 1 is 1.32 bits per heavy atom. The first-order valence-corrected chi connectivity index (χ1v) is 9.13. The van der Waals surface area contributed by atoms with E-state index in [-0.39, 0.29) is 23.9 Å². The van der Waals surface area contributed by atoms with Gasteiger partial charge < -0.3 is 20.7 Å². The topological polar surface area (TPSA) is 79.5 Å². The zero-order valence-corrected chi connectivity index (χ0v) is 15.1. The number of hydrogen-bond donors (Lipinski definition) is 3. The molecule has 138 valence electrons. The molecule has 1 heterocycles. The fraction of sp³-hybridized carbons (Fsp3) is 0.579. The largest absolute Gasteiger partial charge is 0.494 e. The second-order valence-corrected chi connectivity index (χ2v) is 6.33. The first-order valence-electron chi connectivity index (χ1n) is 9.13. The van der Waals surface area contributed by atoms with Gasteiger partial charge in [0.15, 0.2) is 0 Å². The van der Waals surface area contributed by atoms with Crippen molar-refractivity contribution >= 4 is 11.8 Å². The molecule has 1 fully saturated rings. The third-order valence-corrected chi connectivity index (χ3v) is 4.33. The van der Waals surface area contributed by atoms with E-state index in [0.29, 0.717) is 26.0 Å². The van der Waals surface area contributed by atoms with Gasteiger partial charge >= 0.3 is 0 Å². The van der Waals surface area contributed by atoms with Gasteiger partial charge in [0.1, 0.15) is 5.75 Å². The average molecular weight is 347 g/mol. The molecule has 6 nitrogen and oxygen atoms in total. The highest BCUT2D eigenvalue weighted by atomic mass is 16.5. The van der Waals surface area contributed by atoms with Gasteiger partial charge in [-0.05, 0) is 57.4 Å². The molecule has 25 heavy (non-hydrogen) atoms. The van der Waals surface area contributed by atoms with Crippen molar-refractivity contribution in [2.45, 2.75) is 51.6 Å². The molecule has 2 unspecified atom stereocenters. The normalized spacial score (nSPS) is 17.8. The van der Waals surface area contributed by atoms with Crippen LogP contribution in [0.1, 0.15) is 51.1 Å². The SMILES string of the molecule is CCOc1ccc(C(C)NC(=O)CCCNC(=O)C2CCCN2)cc1. The number of rotatable bonds is 9. The van der Waals surface area contributed by atoms with Crippen LogP contribution in [-0.2, 0) is 9.59 Å². The van der Waals surface area contributed by atoms with E-state index in [9.17, 15) is 9.59 Å². The molecule has 0 aliphatic carbocycles. The van der Waals surface area contributed by atoms with Gasteiger partial charge in [-0.25, -0.2) is 0 Å².